The van der Waals surface area contributed by atoms with Gasteiger partial charge in [0.15, 0.2) is 11.6 Å². The maximum absolute atomic E-state index is 13.0. The molecule has 0 fully saturated rings. The monoisotopic (exact) mass is 469 g/mol. The van der Waals surface area contributed by atoms with Gasteiger partial charge in [0.25, 0.3) is 6.43 Å². The molecule has 0 aliphatic heterocycles. The van der Waals surface area contributed by atoms with Crippen molar-refractivity contribution >= 4 is 11.6 Å². The molecular formula is C23H25F2N7O2. The molecule has 2 N–H and O–H groups in total. The SMILES string of the molecule is COCCn1nc(-c2ccc(C(F)F)cc2)c(C)c1Nc1cc(-n2nc(C)c(O)c2C)ncn1. The van der Waals surface area contributed by atoms with E-state index in [2.05, 4.69) is 20.4 Å². The van der Waals surface area contributed by atoms with Crippen molar-refractivity contribution in [3.05, 3.63) is 59.2 Å². The van der Waals surface area contributed by atoms with Gasteiger partial charge >= 0.3 is 0 Å². The van der Waals surface area contributed by atoms with E-state index < -0.39 is 6.43 Å². The highest BCUT2D eigenvalue weighted by molar-refractivity contribution is 5.71. The standard InChI is InChI=1S/C23H25F2N7O2/c1-13-20(16-5-7-17(8-6-16)22(24)25)30-31(9-10-34-4)23(13)28-18-11-19(27-12-26-18)32-15(3)21(33)14(2)29-32/h5-8,11-12,22,33H,9-10H2,1-4H3,(H,26,27,28). The van der Waals surface area contributed by atoms with Gasteiger partial charge in [-0.3, -0.25) is 0 Å². The molecule has 0 saturated heterocycles. The fraction of sp³-hybridized carbons (Fsp3) is 0.304. The van der Waals surface area contributed by atoms with Crippen molar-refractivity contribution in [2.75, 3.05) is 19.0 Å². The first-order valence-corrected chi connectivity index (χ1v) is 10.6. The van der Waals surface area contributed by atoms with Gasteiger partial charge < -0.3 is 15.2 Å². The van der Waals surface area contributed by atoms with E-state index in [4.69, 9.17) is 9.84 Å². The van der Waals surface area contributed by atoms with E-state index >= 15 is 0 Å². The van der Waals surface area contributed by atoms with Gasteiger partial charge in [-0.15, -0.1) is 0 Å². The van der Waals surface area contributed by atoms with Gasteiger partial charge in [0.2, 0.25) is 0 Å². The van der Waals surface area contributed by atoms with Crippen LogP contribution in [0.25, 0.3) is 17.1 Å². The number of ether oxygens (including phenoxy) is 1. The fourth-order valence-electron chi connectivity index (χ4n) is 3.62. The van der Waals surface area contributed by atoms with Crippen LogP contribution in [0.4, 0.5) is 20.4 Å². The minimum Gasteiger partial charge on any atom is -0.504 e. The van der Waals surface area contributed by atoms with Crippen LogP contribution in [0.5, 0.6) is 5.75 Å². The molecule has 0 spiro atoms. The minimum atomic E-state index is -2.53. The van der Waals surface area contributed by atoms with Crippen molar-refractivity contribution in [3.63, 3.8) is 0 Å². The predicted molar refractivity (Wildman–Crippen MR) is 123 cm³/mol. The maximum Gasteiger partial charge on any atom is 0.263 e. The van der Waals surface area contributed by atoms with Crippen LogP contribution in [0.2, 0.25) is 0 Å². The molecule has 4 rings (SSSR count). The van der Waals surface area contributed by atoms with Gasteiger partial charge in [0.1, 0.15) is 23.7 Å². The van der Waals surface area contributed by atoms with Crippen LogP contribution < -0.4 is 5.32 Å². The van der Waals surface area contributed by atoms with Crippen LogP contribution in [0.15, 0.2) is 36.7 Å². The Morgan fingerprint density at radius 2 is 1.82 bits per heavy atom. The van der Waals surface area contributed by atoms with E-state index in [0.29, 0.717) is 47.7 Å². The number of halogens is 2. The van der Waals surface area contributed by atoms with Crippen LogP contribution in [-0.4, -0.2) is 48.4 Å². The second kappa shape index (κ2) is 9.56. The number of aromatic nitrogens is 6. The smallest absolute Gasteiger partial charge is 0.263 e. The van der Waals surface area contributed by atoms with E-state index in [0.717, 1.165) is 11.1 Å². The van der Waals surface area contributed by atoms with Gasteiger partial charge in [0.05, 0.1) is 24.5 Å². The van der Waals surface area contributed by atoms with Crippen molar-refractivity contribution in [1.29, 1.82) is 0 Å². The van der Waals surface area contributed by atoms with Gasteiger partial charge in [-0.25, -0.2) is 28.1 Å². The Kier molecular flexibility index (Phi) is 6.55. The lowest BCUT2D eigenvalue weighted by molar-refractivity contribution is 0.151. The Hall–Kier alpha value is -3.86. The third-order valence-corrected chi connectivity index (χ3v) is 5.50. The van der Waals surface area contributed by atoms with Gasteiger partial charge in [-0.1, -0.05) is 24.3 Å². The van der Waals surface area contributed by atoms with E-state index in [-0.39, 0.29) is 11.3 Å². The quantitative estimate of drug-likeness (QED) is 0.392. The topological polar surface area (TPSA) is 103 Å². The number of methoxy groups -OCH3 is 1. The van der Waals surface area contributed by atoms with Gasteiger partial charge in [-0.05, 0) is 20.8 Å². The number of rotatable bonds is 8. The highest BCUT2D eigenvalue weighted by Crippen LogP contribution is 2.31. The summed E-state index contributed by atoms with van der Waals surface area (Å²) in [4.78, 5) is 8.58. The normalized spacial score (nSPS) is 11.4. The lowest BCUT2D eigenvalue weighted by atomic mass is 10.1. The van der Waals surface area contributed by atoms with E-state index in [1.165, 1.54) is 18.5 Å². The molecule has 1 aromatic carbocycles. The van der Waals surface area contributed by atoms with Crippen LogP contribution >= 0.6 is 0 Å². The predicted octanol–water partition coefficient (Wildman–Crippen LogP) is 4.48. The summed E-state index contributed by atoms with van der Waals surface area (Å²) >= 11 is 0. The zero-order valence-electron chi connectivity index (χ0n) is 19.3. The molecule has 178 valence electrons. The maximum atomic E-state index is 13.0. The Morgan fingerprint density at radius 3 is 2.44 bits per heavy atom. The average Bonchev–Trinajstić information content (AvgIpc) is 3.28. The molecule has 11 heteroatoms. The fourth-order valence-corrected chi connectivity index (χ4v) is 3.62. The van der Waals surface area contributed by atoms with Crippen LogP contribution in [-0.2, 0) is 11.3 Å². The molecule has 0 saturated carbocycles. The summed E-state index contributed by atoms with van der Waals surface area (Å²) in [7, 11) is 1.61. The highest BCUT2D eigenvalue weighted by Gasteiger charge is 2.18. The van der Waals surface area contributed by atoms with Crippen molar-refractivity contribution in [2.24, 2.45) is 0 Å². The van der Waals surface area contributed by atoms with Crippen LogP contribution in [0.1, 0.15) is 28.9 Å². The summed E-state index contributed by atoms with van der Waals surface area (Å²) < 4.78 is 34.4. The van der Waals surface area contributed by atoms with Gasteiger partial charge in [0, 0.05) is 29.9 Å². The second-order valence-electron chi connectivity index (χ2n) is 7.78. The largest absolute Gasteiger partial charge is 0.504 e. The van der Waals surface area contributed by atoms with Crippen molar-refractivity contribution in [2.45, 2.75) is 33.7 Å². The Morgan fingerprint density at radius 1 is 1.09 bits per heavy atom. The zero-order valence-corrected chi connectivity index (χ0v) is 19.3. The van der Waals surface area contributed by atoms with E-state index in [9.17, 15) is 13.9 Å². The molecule has 4 aromatic rings. The van der Waals surface area contributed by atoms with E-state index in [1.807, 2.05) is 6.92 Å². The van der Waals surface area contributed by atoms with Crippen LogP contribution in [0.3, 0.4) is 0 Å². The molecular weight excluding hydrogens is 444 g/mol. The van der Waals surface area contributed by atoms with Crippen molar-refractivity contribution < 1.29 is 18.6 Å². The summed E-state index contributed by atoms with van der Waals surface area (Å²) in [6, 6.07) is 7.80. The number of nitrogens with one attached hydrogen (secondary N) is 1. The molecule has 0 amide bonds. The minimum absolute atomic E-state index is 0.0396. The summed E-state index contributed by atoms with van der Waals surface area (Å²) in [5, 5.41) is 22.4. The average molecular weight is 469 g/mol. The number of benzene rings is 1. The lowest BCUT2D eigenvalue weighted by Gasteiger charge is -2.11. The summed E-state index contributed by atoms with van der Waals surface area (Å²) in [6.07, 6.45) is -1.12. The van der Waals surface area contributed by atoms with Crippen molar-refractivity contribution in [3.8, 4) is 22.8 Å². The Balaban J connectivity index is 1.70. The third-order valence-electron chi connectivity index (χ3n) is 5.50. The number of hydrogen-bond donors (Lipinski definition) is 2. The molecule has 0 atom stereocenters. The number of hydrogen-bond acceptors (Lipinski definition) is 7. The molecule has 0 bridgehead atoms. The first-order valence-electron chi connectivity index (χ1n) is 10.6. The van der Waals surface area contributed by atoms with Gasteiger partial charge in [-0.2, -0.15) is 10.2 Å². The summed E-state index contributed by atoms with van der Waals surface area (Å²) in [5.41, 5.74) is 3.24. The second-order valence-corrected chi connectivity index (χ2v) is 7.78. The summed E-state index contributed by atoms with van der Waals surface area (Å²) in [5.74, 6) is 1.79. The number of nitrogens with zero attached hydrogens (tertiary/aromatic N) is 6. The number of anilines is 2. The molecule has 3 aromatic heterocycles. The number of alkyl halides is 2. The molecule has 3 heterocycles. The van der Waals surface area contributed by atoms with Crippen LogP contribution in [0, 0.1) is 20.8 Å². The highest BCUT2D eigenvalue weighted by atomic mass is 19.3. The first kappa shape index (κ1) is 23.3. The molecule has 0 aliphatic rings. The lowest BCUT2D eigenvalue weighted by Crippen LogP contribution is -2.10. The Labute approximate surface area is 195 Å². The Bertz CT molecular complexity index is 1300. The molecule has 9 nitrogen and oxygen atoms in total. The molecule has 0 aliphatic carbocycles. The van der Waals surface area contributed by atoms with Crippen molar-refractivity contribution in [1.82, 2.24) is 29.5 Å². The molecule has 0 unspecified atom stereocenters. The van der Waals surface area contributed by atoms with E-state index in [1.54, 1.807) is 48.5 Å². The summed E-state index contributed by atoms with van der Waals surface area (Å²) in [6.45, 7) is 6.26. The molecule has 0 radical (unpaired) electrons. The molecule has 34 heavy (non-hydrogen) atoms. The number of aryl methyl sites for hydroxylation is 1. The third kappa shape index (κ3) is 4.46. The zero-order chi connectivity index (χ0) is 24.4. The first-order chi connectivity index (χ1) is 16.3. The number of aromatic hydroxyl groups is 1.